The first-order valence-electron chi connectivity index (χ1n) is 10.6. The van der Waals surface area contributed by atoms with Crippen molar-refractivity contribution in [3.63, 3.8) is 0 Å². The van der Waals surface area contributed by atoms with Crippen molar-refractivity contribution in [2.24, 2.45) is 0 Å². The molecular formula is C26H10Cl6F2N2O2. The second-order valence-electron chi connectivity index (χ2n) is 8.07. The summed E-state index contributed by atoms with van der Waals surface area (Å²) in [6, 6.07) is 11.0. The number of halogens is 8. The minimum Gasteiger partial charge on any atom is -0.349 e. The van der Waals surface area contributed by atoms with Gasteiger partial charge in [-0.2, -0.15) is 0 Å². The number of carbonyl (C=O) groups excluding carboxylic acids is 2. The van der Waals surface area contributed by atoms with Crippen LogP contribution in [-0.2, 0) is 0 Å². The molecule has 0 aliphatic heterocycles. The molecule has 12 heteroatoms. The Hall–Kier alpha value is -2.58. The van der Waals surface area contributed by atoms with Gasteiger partial charge in [-0.1, -0.05) is 93.9 Å². The van der Waals surface area contributed by atoms with E-state index in [1.807, 2.05) is 0 Å². The fraction of sp³-hybridized carbons (Fsp3) is 0. The molecule has 0 saturated heterocycles. The molecule has 0 spiro atoms. The monoisotopic (exact) mass is 630 g/mol. The summed E-state index contributed by atoms with van der Waals surface area (Å²) in [6.07, 6.45) is 0. The second kappa shape index (κ2) is 10.2. The van der Waals surface area contributed by atoms with E-state index in [0.29, 0.717) is 0 Å². The molecule has 38 heavy (non-hydrogen) atoms. The molecule has 0 fully saturated rings. The Kier molecular flexibility index (Phi) is 7.24. The van der Waals surface area contributed by atoms with E-state index < -0.39 is 45.7 Å². The molecule has 0 saturated carbocycles. The Labute approximate surface area is 244 Å². The molecule has 0 amide bonds. The molecule has 192 valence electrons. The van der Waals surface area contributed by atoms with Gasteiger partial charge in [0.05, 0.1) is 42.6 Å². The highest BCUT2D eigenvalue weighted by Crippen LogP contribution is 2.46. The lowest BCUT2D eigenvalue weighted by Gasteiger charge is -2.25. The normalized spacial score (nSPS) is 12.3. The van der Waals surface area contributed by atoms with E-state index in [4.69, 9.17) is 69.6 Å². The largest absolute Gasteiger partial charge is 0.349 e. The lowest BCUT2D eigenvalue weighted by molar-refractivity contribution is 0.0972. The number of fused-ring (bicyclic) bond motifs is 2. The maximum Gasteiger partial charge on any atom is 0.197 e. The number of anilines is 4. The molecule has 2 N–H and O–H groups in total. The number of carbonyl (C=O) groups is 2. The zero-order chi connectivity index (χ0) is 27.5. The molecule has 1 aliphatic carbocycles. The van der Waals surface area contributed by atoms with Crippen LogP contribution in [0.2, 0.25) is 30.1 Å². The van der Waals surface area contributed by atoms with E-state index >= 15 is 8.78 Å². The molecule has 1 aliphatic rings. The fourth-order valence-electron chi connectivity index (χ4n) is 4.07. The van der Waals surface area contributed by atoms with Crippen molar-refractivity contribution >= 4 is 104 Å². The number of benzene rings is 4. The molecule has 4 nitrogen and oxygen atoms in total. The van der Waals surface area contributed by atoms with Crippen LogP contribution in [0.4, 0.5) is 31.5 Å². The third-order valence-corrected chi connectivity index (χ3v) is 7.39. The summed E-state index contributed by atoms with van der Waals surface area (Å²) in [6.45, 7) is 0. The summed E-state index contributed by atoms with van der Waals surface area (Å²) in [5, 5.41) is 5.58. The smallest absolute Gasteiger partial charge is 0.197 e. The Morgan fingerprint density at radius 3 is 1.16 bits per heavy atom. The van der Waals surface area contributed by atoms with E-state index in [-0.39, 0.29) is 52.6 Å². The van der Waals surface area contributed by atoms with Crippen LogP contribution in [-0.4, -0.2) is 11.6 Å². The molecular weight excluding hydrogens is 623 g/mol. The van der Waals surface area contributed by atoms with Crippen LogP contribution in [0.15, 0.2) is 48.5 Å². The summed E-state index contributed by atoms with van der Waals surface area (Å²) in [7, 11) is 0. The first-order valence-corrected chi connectivity index (χ1v) is 12.8. The molecule has 0 unspecified atom stereocenters. The van der Waals surface area contributed by atoms with E-state index in [1.54, 1.807) is 0 Å². The van der Waals surface area contributed by atoms with Crippen molar-refractivity contribution < 1.29 is 18.4 Å². The zero-order valence-electron chi connectivity index (χ0n) is 18.5. The molecule has 4 aromatic rings. The van der Waals surface area contributed by atoms with Gasteiger partial charge in [-0.25, -0.2) is 8.78 Å². The zero-order valence-corrected chi connectivity index (χ0v) is 23.0. The Balaban J connectivity index is 1.81. The standard InChI is InChI=1S/C26H10Cl6F2N2O2/c27-9-5-13(29)21(14(30)6-9)35-23-19(33)17-18(26(38)12-4-2-1-3-11(12)25(17)37)20(34)24(23)36-22-15(31)7-10(28)8-16(22)32/h1-8,35-36H. The van der Waals surface area contributed by atoms with Crippen molar-refractivity contribution in [2.45, 2.75) is 0 Å². The van der Waals surface area contributed by atoms with Crippen molar-refractivity contribution in [3.05, 3.63) is 113 Å². The summed E-state index contributed by atoms with van der Waals surface area (Å²) in [5.41, 5.74) is -2.90. The SMILES string of the molecule is O=C1c2ccccc2C(=O)c2c(F)c(Nc3c(Cl)cc(Cl)cc3Cl)c(Nc3c(Cl)cc(Cl)cc3Cl)c(F)c21. The first kappa shape index (κ1) is 27.0. The average molecular weight is 633 g/mol. The van der Waals surface area contributed by atoms with Crippen LogP contribution in [0.3, 0.4) is 0 Å². The number of hydrogen-bond donors (Lipinski definition) is 2. The summed E-state index contributed by atoms with van der Waals surface area (Å²) >= 11 is 37.1. The predicted molar refractivity (Wildman–Crippen MR) is 149 cm³/mol. The topological polar surface area (TPSA) is 58.2 Å². The van der Waals surface area contributed by atoms with E-state index in [0.717, 1.165) is 0 Å². The first-order chi connectivity index (χ1) is 18.0. The number of hydrogen-bond acceptors (Lipinski definition) is 4. The highest BCUT2D eigenvalue weighted by Gasteiger charge is 2.38. The van der Waals surface area contributed by atoms with Crippen LogP contribution in [0.25, 0.3) is 0 Å². The Morgan fingerprint density at radius 2 is 0.842 bits per heavy atom. The van der Waals surface area contributed by atoms with Gasteiger partial charge in [0.25, 0.3) is 0 Å². The quantitative estimate of drug-likeness (QED) is 0.207. The minimum absolute atomic E-state index is 0.0266. The number of nitrogens with one attached hydrogen (secondary N) is 2. The summed E-state index contributed by atoms with van der Waals surface area (Å²) in [5.74, 6) is -4.23. The van der Waals surface area contributed by atoms with Gasteiger partial charge in [-0.15, -0.1) is 0 Å². The third kappa shape index (κ3) is 4.49. The molecule has 0 bridgehead atoms. The average Bonchev–Trinajstić information content (AvgIpc) is 2.84. The molecule has 0 aromatic heterocycles. The lowest BCUT2D eigenvalue weighted by Crippen LogP contribution is -2.25. The molecule has 0 atom stereocenters. The van der Waals surface area contributed by atoms with E-state index in [9.17, 15) is 9.59 Å². The van der Waals surface area contributed by atoms with Crippen molar-refractivity contribution in [1.82, 2.24) is 0 Å². The maximum atomic E-state index is 16.3. The van der Waals surface area contributed by atoms with Gasteiger partial charge in [0.15, 0.2) is 23.2 Å². The number of ketones is 2. The third-order valence-electron chi connectivity index (χ3n) is 5.76. The van der Waals surface area contributed by atoms with Gasteiger partial charge < -0.3 is 10.6 Å². The maximum absolute atomic E-state index is 16.3. The van der Waals surface area contributed by atoms with Gasteiger partial charge in [-0.3, -0.25) is 9.59 Å². The van der Waals surface area contributed by atoms with Gasteiger partial charge in [0, 0.05) is 21.2 Å². The van der Waals surface area contributed by atoms with E-state index in [1.165, 1.54) is 48.5 Å². The van der Waals surface area contributed by atoms with Gasteiger partial charge >= 0.3 is 0 Å². The minimum atomic E-state index is -1.24. The lowest BCUT2D eigenvalue weighted by atomic mass is 9.82. The Bertz CT molecular complexity index is 1540. The van der Waals surface area contributed by atoms with Crippen molar-refractivity contribution in [1.29, 1.82) is 0 Å². The van der Waals surface area contributed by atoms with Crippen LogP contribution in [0, 0.1) is 11.6 Å². The molecule has 0 heterocycles. The van der Waals surface area contributed by atoms with Crippen LogP contribution in [0.1, 0.15) is 31.8 Å². The second-order valence-corrected chi connectivity index (χ2v) is 10.6. The predicted octanol–water partition coefficient (Wildman–Crippen LogP) is 10.1. The molecule has 0 radical (unpaired) electrons. The highest BCUT2D eigenvalue weighted by atomic mass is 35.5. The molecule has 5 rings (SSSR count). The van der Waals surface area contributed by atoms with Crippen LogP contribution < -0.4 is 10.6 Å². The van der Waals surface area contributed by atoms with Crippen molar-refractivity contribution in [2.75, 3.05) is 10.6 Å². The van der Waals surface area contributed by atoms with Gasteiger partial charge in [-0.05, 0) is 24.3 Å². The van der Waals surface area contributed by atoms with Crippen LogP contribution >= 0.6 is 69.6 Å². The summed E-state index contributed by atoms with van der Waals surface area (Å²) in [4.78, 5) is 26.6. The Morgan fingerprint density at radius 1 is 0.526 bits per heavy atom. The summed E-state index contributed by atoms with van der Waals surface area (Å²) < 4.78 is 32.5. The highest BCUT2D eigenvalue weighted by molar-refractivity contribution is 6.43. The van der Waals surface area contributed by atoms with Gasteiger partial charge in [0.2, 0.25) is 0 Å². The van der Waals surface area contributed by atoms with Crippen LogP contribution in [0.5, 0.6) is 0 Å². The van der Waals surface area contributed by atoms with E-state index in [2.05, 4.69) is 10.6 Å². The van der Waals surface area contributed by atoms with Crippen molar-refractivity contribution in [3.8, 4) is 0 Å². The fourth-order valence-corrected chi connectivity index (χ4v) is 5.89. The number of rotatable bonds is 4. The molecule has 4 aromatic carbocycles. The van der Waals surface area contributed by atoms with Gasteiger partial charge in [0.1, 0.15) is 11.4 Å².